The van der Waals surface area contributed by atoms with Crippen molar-refractivity contribution in [2.24, 2.45) is 0 Å². The maximum Gasteiger partial charge on any atom is 0.196 e. The van der Waals surface area contributed by atoms with Crippen molar-refractivity contribution in [3.05, 3.63) is 64.7 Å². The molecule has 1 aliphatic rings. The number of phenolic OH excluding ortho intramolecular Hbond substituents is 1. The quantitative estimate of drug-likeness (QED) is 0.676. The van der Waals surface area contributed by atoms with Crippen LogP contribution in [0.1, 0.15) is 27.0 Å². The van der Waals surface area contributed by atoms with Gasteiger partial charge in [0.1, 0.15) is 5.75 Å². The van der Waals surface area contributed by atoms with Crippen LogP contribution in [0.25, 0.3) is 12.2 Å². The minimum absolute atomic E-state index is 0.0435. The summed E-state index contributed by atoms with van der Waals surface area (Å²) in [5.74, 6) is -0.104. The second-order valence-electron chi connectivity index (χ2n) is 4.03. The minimum atomic E-state index is -0.147. The Balaban J connectivity index is 2.06. The summed E-state index contributed by atoms with van der Waals surface area (Å²) < 4.78 is 0. The maximum atomic E-state index is 12.2. The molecule has 3 rings (SSSR count). The van der Waals surface area contributed by atoms with Crippen LogP contribution in [-0.2, 0) is 0 Å². The van der Waals surface area contributed by atoms with E-state index in [-0.39, 0.29) is 11.5 Å². The van der Waals surface area contributed by atoms with Crippen LogP contribution in [0.5, 0.6) is 5.75 Å². The van der Waals surface area contributed by atoms with E-state index >= 15 is 0 Å². The van der Waals surface area contributed by atoms with Crippen molar-refractivity contribution in [2.45, 2.75) is 0 Å². The molecule has 0 spiro atoms. The van der Waals surface area contributed by atoms with Gasteiger partial charge in [0.2, 0.25) is 0 Å². The lowest BCUT2D eigenvalue weighted by molar-refractivity contribution is 0.103. The van der Waals surface area contributed by atoms with Crippen molar-refractivity contribution < 1.29 is 9.90 Å². The summed E-state index contributed by atoms with van der Waals surface area (Å²) in [7, 11) is 0. The van der Waals surface area contributed by atoms with E-state index < -0.39 is 0 Å². The summed E-state index contributed by atoms with van der Waals surface area (Å²) >= 11 is 0. The molecule has 1 aliphatic carbocycles. The molecule has 82 valence electrons. The predicted octanol–water partition coefficient (Wildman–Crippen LogP) is 3.11. The largest absolute Gasteiger partial charge is 0.507 e. The molecule has 0 aliphatic heterocycles. The summed E-state index contributed by atoms with van der Waals surface area (Å²) in [4.78, 5) is 12.2. The van der Waals surface area contributed by atoms with Crippen LogP contribution in [-0.4, -0.2) is 10.9 Å². The van der Waals surface area contributed by atoms with E-state index in [9.17, 15) is 9.90 Å². The van der Waals surface area contributed by atoms with E-state index in [0.29, 0.717) is 11.1 Å². The highest BCUT2D eigenvalue weighted by atomic mass is 16.3. The first-order valence-corrected chi connectivity index (χ1v) is 5.40. The van der Waals surface area contributed by atoms with Gasteiger partial charge >= 0.3 is 0 Å². The summed E-state index contributed by atoms with van der Waals surface area (Å²) in [6.45, 7) is 0. The van der Waals surface area contributed by atoms with Crippen molar-refractivity contribution in [2.75, 3.05) is 0 Å². The summed E-state index contributed by atoms with van der Waals surface area (Å²) in [5.41, 5.74) is 2.93. The molecule has 2 nitrogen and oxygen atoms in total. The maximum absolute atomic E-state index is 12.2. The van der Waals surface area contributed by atoms with Crippen molar-refractivity contribution in [3.63, 3.8) is 0 Å². The van der Waals surface area contributed by atoms with Crippen LogP contribution in [0.2, 0.25) is 0 Å². The minimum Gasteiger partial charge on any atom is -0.507 e. The van der Waals surface area contributed by atoms with Gasteiger partial charge in [-0.1, -0.05) is 42.5 Å². The molecule has 0 fully saturated rings. The molecule has 0 unspecified atom stereocenters. The van der Waals surface area contributed by atoms with Crippen molar-refractivity contribution in [3.8, 4) is 5.75 Å². The van der Waals surface area contributed by atoms with Crippen LogP contribution < -0.4 is 0 Å². The Morgan fingerprint density at radius 1 is 0.941 bits per heavy atom. The monoisotopic (exact) mass is 222 g/mol. The molecule has 2 aromatic carbocycles. The third-order valence-corrected chi connectivity index (χ3v) is 2.92. The van der Waals surface area contributed by atoms with Gasteiger partial charge in [0.05, 0.1) is 5.56 Å². The number of hydrogen-bond acceptors (Lipinski definition) is 2. The number of phenols is 1. The first-order valence-electron chi connectivity index (χ1n) is 5.40. The van der Waals surface area contributed by atoms with Gasteiger partial charge in [-0.3, -0.25) is 4.79 Å². The average Bonchev–Trinajstić information content (AvgIpc) is 2.34. The lowest BCUT2D eigenvalue weighted by Gasteiger charge is -2.13. The van der Waals surface area contributed by atoms with Gasteiger partial charge in [0, 0.05) is 5.56 Å². The molecule has 0 amide bonds. The molecular formula is C15H10O2. The molecule has 2 aromatic rings. The van der Waals surface area contributed by atoms with Crippen LogP contribution in [0.4, 0.5) is 0 Å². The van der Waals surface area contributed by atoms with E-state index in [1.807, 2.05) is 30.4 Å². The summed E-state index contributed by atoms with van der Waals surface area (Å²) in [6.07, 6.45) is 3.84. The fraction of sp³-hybridized carbons (Fsp3) is 0. The molecular weight excluding hydrogens is 212 g/mol. The number of rotatable bonds is 2. The van der Waals surface area contributed by atoms with Crippen LogP contribution in [0.3, 0.4) is 0 Å². The van der Waals surface area contributed by atoms with Crippen molar-refractivity contribution in [1.29, 1.82) is 0 Å². The van der Waals surface area contributed by atoms with Crippen molar-refractivity contribution >= 4 is 17.9 Å². The Morgan fingerprint density at radius 2 is 1.59 bits per heavy atom. The Labute approximate surface area is 98.8 Å². The highest BCUT2D eigenvalue weighted by Crippen LogP contribution is 2.31. The predicted molar refractivity (Wildman–Crippen MR) is 66.9 cm³/mol. The molecule has 0 saturated carbocycles. The number of benzene rings is 2. The Kier molecular flexibility index (Phi) is 2.08. The zero-order valence-corrected chi connectivity index (χ0v) is 9.05. The summed E-state index contributed by atoms with van der Waals surface area (Å²) in [6, 6.07) is 12.3. The number of ketones is 1. The standard InChI is InChI=1S/C15H10O2/c16-14-9-12-7-6-11(12)8-13(14)15(17)10-4-2-1-3-5-10/h1-9,16H. The third kappa shape index (κ3) is 1.54. The second-order valence-corrected chi connectivity index (χ2v) is 4.03. The lowest BCUT2D eigenvalue weighted by atomic mass is 9.92. The van der Waals surface area contributed by atoms with E-state index in [0.717, 1.165) is 11.1 Å². The number of aromatic hydroxyl groups is 1. The highest BCUT2D eigenvalue weighted by Gasteiger charge is 2.17. The molecule has 0 radical (unpaired) electrons. The van der Waals surface area contributed by atoms with Gasteiger partial charge in [0.25, 0.3) is 0 Å². The molecule has 1 N–H and O–H groups in total. The highest BCUT2D eigenvalue weighted by molar-refractivity contribution is 6.11. The first-order chi connectivity index (χ1) is 8.25. The second kappa shape index (κ2) is 3.59. The zero-order chi connectivity index (χ0) is 11.8. The Morgan fingerprint density at radius 3 is 2.24 bits per heavy atom. The fourth-order valence-corrected chi connectivity index (χ4v) is 1.92. The molecule has 0 heterocycles. The number of carbonyl (C=O) groups is 1. The van der Waals surface area contributed by atoms with Crippen LogP contribution in [0.15, 0.2) is 42.5 Å². The normalized spacial score (nSPS) is 11.8. The van der Waals surface area contributed by atoms with Gasteiger partial charge in [-0.25, -0.2) is 0 Å². The third-order valence-electron chi connectivity index (χ3n) is 2.92. The molecule has 17 heavy (non-hydrogen) atoms. The molecule has 0 atom stereocenters. The Hall–Kier alpha value is -2.35. The molecule has 0 aromatic heterocycles. The van der Waals surface area contributed by atoms with Gasteiger partial charge in [0.15, 0.2) is 5.78 Å². The average molecular weight is 222 g/mol. The topological polar surface area (TPSA) is 37.3 Å². The summed E-state index contributed by atoms with van der Waals surface area (Å²) in [5, 5.41) is 9.83. The lowest BCUT2D eigenvalue weighted by Crippen LogP contribution is -2.03. The van der Waals surface area contributed by atoms with E-state index in [2.05, 4.69) is 0 Å². The van der Waals surface area contributed by atoms with Gasteiger partial charge in [-0.2, -0.15) is 0 Å². The molecule has 0 bridgehead atoms. The number of carbonyl (C=O) groups excluding carboxylic acids is 1. The van der Waals surface area contributed by atoms with E-state index in [1.165, 1.54) is 0 Å². The first kappa shape index (κ1) is 9.85. The SMILES string of the molecule is O=C(c1ccccc1)c1cc2c(cc1O)C=C2. The number of hydrogen-bond donors (Lipinski definition) is 1. The van der Waals surface area contributed by atoms with E-state index in [4.69, 9.17) is 0 Å². The molecule has 2 heteroatoms. The van der Waals surface area contributed by atoms with Gasteiger partial charge in [-0.15, -0.1) is 0 Å². The zero-order valence-electron chi connectivity index (χ0n) is 9.05. The fourth-order valence-electron chi connectivity index (χ4n) is 1.92. The van der Waals surface area contributed by atoms with Crippen LogP contribution in [0, 0.1) is 0 Å². The Bertz CT molecular complexity index is 625. The van der Waals surface area contributed by atoms with Gasteiger partial charge in [-0.05, 0) is 23.3 Å². The smallest absolute Gasteiger partial charge is 0.196 e. The van der Waals surface area contributed by atoms with E-state index in [1.54, 1.807) is 24.3 Å². The molecule has 0 saturated heterocycles. The number of fused-ring (bicyclic) bond motifs is 1. The van der Waals surface area contributed by atoms with Gasteiger partial charge < -0.3 is 5.11 Å². The van der Waals surface area contributed by atoms with Crippen molar-refractivity contribution in [1.82, 2.24) is 0 Å². The van der Waals surface area contributed by atoms with Crippen LogP contribution >= 0.6 is 0 Å².